The van der Waals surface area contributed by atoms with Gasteiger partial charge < -0.3 is 0 Å². The monoisotopic (exact) mass is 278 g/mol. The molecule has 0 atom stereocenters. The molecule has 0 aromatic heterocycles. The number of rotatable bonds is 2. The van der Waals surface area contributed by atoms with Crippen LogP contribution < -0.4 is 0 Å². The van der Waals surface area contributed by atoms with Crippen LogP contribution in [0.2, 0.25) is 0 Å². The van der Waals surface area contributed by atoms with Crippen molar-refractivity contribution in [2.75, 3.05) is 13.1 Å². The maximum Gasteiger partial charge on any atom is 0.244 e. The van der Waals surface area contributed by atoms with E-state index in [1.807, 2.05) is 6.07 Å². The molecule has 4 nitrogen and oxygen atoms in total. The van der Waals surface area contributed by atoms with Crippen LogP contribution in [0.4, 0.5) is 0 Å². The van der Waals surface area contributed by atoms with Crippen LogP contribution in [0.25, 0.3) is 0 Å². The van der Waals surface area contributed by atoms with Crippen molar-refractivity contribution < 1.29 is 8.42 Å². The molecule has 0 N–H and O–H groups in total. The van der Waals surface area contributed by atoms with E-state index in [4.69, 9.17) is 5.26 Å². The summed E-state index contributed by atoms with van der Waals surface area (Å²) in [7, 11) is -3.56. The highest BCUT2D eigenvalue weighted by atomic mass is 32.2. The third kappa shape index (κ3) is 2.80. The molecule has 0 unspecified atom stereocenters. The Morgan fingerprint density at radius 2 is 2.00 bits per heavy atom. The van der Waals surface area contributed by atoms with Gasteiger partial charge in [-0.05, 0) is 30.4 Å². The largest absolute Gasteiger partial charge is 0.244 e. The van der Waals surface area contributed by atoms with E-state index in [1.54, 1.807) is 18.2 Å². The first-order chi connectivity index (χ1) is 8.87. The summed E-state index contributed by atoms with van der Waals surface area (Å²) >= 11 is 0. The zero-order valence-electron chi connectivity index (χ0n) is 11.3. The van der Waals surface area contributed by atoms with Crippen molar-refractivity contribution in [2.24, 2.45) is 5.41 Å². The van der Waals surface area contributed by atoms with Crippen molar-refractivity contribution in [3.63, 3.8) is 0 Å². The van der Waals surface area contributed by atoms with Crippen molar-refractivity contribution in [1.29, 1.82) is 5.26 Å². The van der Waals surface area contributed by atoms with Gasteiger partial charge in [0.05, 0.1) is 10.5 Å². The standard InChI is InChI=1S/C14H18N2O2S/c1-14(2)8-5-9-16(11-14)19(17,18)13-7-4-3-6-12(13)10-15/h3-4,6-7H,5,8-9,11H2,1-2H3. The Morgan fingerprint density at radius 3 is 2.63 bits per heavy atom. The fraction of sp³-hybridized carbons (Fsp3) is 0.500. The van der Waals surface area contributed by atoms with Crippen molar-refractivity contribution >= 4 is 10.0 Å². The van der Waals surface area contributed by atoms with Gasteiger partial charge in [0.2, 0.25) is 10.0 Å². The number of hydrogen-bond donors (Lipinski definition) is 0. The highest BCUT2D eigenvalue weighted by Crippen LogP contribution is 2.32. The fourth-order valence-electron chi connectivity index (χ4n) is 2.50. The molecule has 1 fully saturated rings. The Balaban J connectivity index is 2.40. The number of nitriles is 1. The maximum absolute atomic E-state index is 12.6. The molecular weight excluding hydrogens is 260 g/mol. The average Bonchev–Trinajstić information content (AvgIpc) is 2.37. The number of benzene rings is 1. The second-order valence-electron chi connectivity index (χ2n) is 5.71. The summed E-state index contributed by atoms with van der Waals surface area (Å²) in [5.41, 5.74) is 0.207. The number of nitrogens with zero attached hydrogens (tertiary/aromatic N) is 2. The second-order valence-corrected chi connectivity index (χ2v) is 7.62. The molecular formula is C14H18N2O2S. The van der Waals surface area contributed by atoms with E-state index in [-0.39, 0.29) is 15.9 Å². The Morgan fingerprint density at radius 1 is 1.32 bits per heavy atom. The predicted octanol–water partition coefficient (Wildman–Crippen LogP) is 2.37. The summed E-state index contributed by atoms with van der Waals surface area (Å²) in [5, 5.41) is 9.05. The fourth-order valence-corrected chi connectivity index (χ4v) is 4.31. The molecule has 102 valence electrons. The molecule has 1 aromatic rings. The van der Waals surface area contributed by atoms with Gasteiger partial charge in [-0.25, -0.2) is 8.42 Å². The lowest BCUT2D eigenvalue weighted by Gasteiger charge is -2.37. The predicted molar refractivity (Wildman–Crippen MR) is 72.9 cm³/mol. The summed E-state index contributed by atoms with van der Waals surface area (Å²) in [5.74, 6) is 0. The first kappa shape index (κ1) is 14.0. The van der Waals surface area contributed by atoms with E-state index >= 15 is 0 Å². The molecule has 0 aliphatic carbocycles. The molecule has 2 rings (SSSR count). The van der Waals surface area contributed by atoms with Crippen LogP contribution in [-0.4, -0.2) is 25.8 Å². The molecule has 1 aliphatic rings. The lowest BCUT2D eigenvalue weighted by atomic mass is 9.85. The SMILES string of the molecule is CC1(C)CCCN(S(=O)(=O)c2ccccc2C#N)C1. The van der Waals surface area contributed by atoms with Gasteiger partial charge in [0.15, 0.2) is 0 Å². The normalized spacial score (nSPS) is 19.8. The molecule has 0 saturated carbocycles. The van der Waals surface area contributed by atoms with Gasteiger partial charge in [-0.3, -0.25) is 0 Å². The molecule has 1 heterocycles. The number of piperidine rings is 1. The summed E-state index contributed by atoms with van der Waals surface area (Å²) < 4.78 is 26.8. The smallest absolute Gasteiger partial charge is 0.207 e. The van der Waals surface area contributed by atoms with E-state index in [0.29, 0.717) is 13.1 Å². The molecule has 0 radical (unpaired) electrons. The molecule has 1 aromatic carbocycles. The molecule has 5 heteroatoms. The van der Waals surface area contributed by atoms with Gasteiger partial charge in [0.1, 0.15) is 6.07 Å². The molecule has 0 bridgehead atoms. The van der Waals surface area contributed by atoms with Gasteiger partial charge in [-0.2, -0.15) is 9.57 Å². The van der Waals surface area contributed by atoms with E-state index in [2.05, 4.69) is 13.8 Å². The Bertz CT molecular complexity index is 615. The Hall–Kier alpha value is -1.38. The zero-order chi connectivity index (χ0) is 14.1. The number of sulfonamides is 1. The molecule has 1 aliphatic heterocycles. The highest BCUT2D eigenvalue weighted by Gasteiger charge is 2.34. The first-order valence-corrected chi connectivity index (χ1v) is 7.80. The van der Waals surface area contributed by atoms with E-state index in [0.717, 1.165) is 12.8 Å². The van der Waals surface area contributed by atoms with Crippen LogP contribution in [0, 0.1) is 16.7 Å². The third-order valence-electron chi connectivity index (χ3n) is 3.49. The molecule has 0 spiro atoms. The van der Waals surface area contributed by atoms with E-state index in [9.17, 15) is 8.42 Å². The second kappa shape index (κ2) is 4.95. The van der Waals surface area contributed by atoms with E-state index < -0.39 is 10.0 Å². The summed E-state index contributed by atoms with van der Waals surface area (Å²) in [6.45, 7) is 5.19. The van der Waals surface area contributed by atoms with Gasteiger partial charge in [0, 0.05) is 13.1 Å². The zero-order valence-corrected chi connectivity index (χ0v) is 12.1. The van der Waals surface area contributed by atoms with Crippen molar-refractivity contribution in [3.8, 4) is 6.07 Å². The van der Waals surface area contributed by atoms with Crippen molar-refractivity contribution in [1.82, 2.24) is 4.31 Å². The van der Waals surface area contributed by atoms with Crippen LogP contribution in [0.3, 0.4) is 0 Å². The van der Waals surface area contributed by atoms with Crippen LogP contribution in [-0.2, 0) is 10.0 Å². The minimum absolute atomic E-state index is 0.00704. The summed E-state index contributed by atoms with van der Waals surface area (Å²) in [6.07, 6.45) is 1.89. The van der Waals surface area contributed by atoms with Crippen LogP contribution in [0.1, 0.15) is 32.3 Å². The lowest BCUT2D eigenvalue weighted by Crippen LogP contribution is -2.43. The topological polar surface area (TPSA) is 61.2 Å². The Labute approximate surface area is 114 Å². The van der Waals surface area contributed by atoms with Gasteiger partial charge >= 0.3 is 0 Å². The Kier molecular flexibility index (Phi) is 3.66. The van der Waals surface area contributed by atoms with Gasteiger partial charge in [-0.15, -0.1) is 0 Å². The highest BCUT2D eigenvalue weighted by molar-refractivity contribution is 7.89. The summed E-state index contributed by atoms with van der Waals surface area (Å²) in [6, 6.07) is 8.34. The van der Waals surface area contributed by atoms with E-state index in [1.165, 1.54) is 10.4 Å². The quantitative estimate of drug-likeness (QED) is 0.834. The number of hydrogen-bond acceptors (Lipinski definition) is 3. The van der Waals surface area contributed by atoms with Gasteiger partial charge in [0.25, 0.3) is 0 Å². The minimum atomic E-state index is -3.56. The average molecular weight is 278 g/mol. The van der Waals surface area contributed by atoms with Crippen molar-refractivity contribution in [2.45, 2.75) is 31.6 Å². The summed E-state index contributed by atoms with van der Waals surface area (Å²) in [4.78, 5) is 0.121. The van der Waals surface area contributed by atoms with Crippen LogP contribution in [0.5, 0.6) is 0 Å². The van der Waals surface area contributed by atoms with Crippen molar-refractivity contribution in [3.05, 3.63) is 29.8 Å². The van der Waals surface area contributed by atoms with Crippen LogP contribution in [0.15, 0.2) is 29.2 Å². The molecule has 1 saturated heterocycles. The maximum atomic E-state index is 12.6. The van der Waals surface area contributed by atoms with Gasteiger partial charge in [-0.1, -0.05) is 26.0 Å². The lowest BCUT2D eigenvalue weighted by molar-refractivity contribution is 0.187. The van der Waals surface area contributed by atoms with Crippen LogP contribution >= 0.6 is 0 Å². The third-order valence-corrected chi connectivity index (χ3v) is 5.39. The molecule has 19 heavy (non-hydrogen) atoms. The minimum Gasteiger partial charge on any atom is -0.207 e. The first-order valence-electron chi connectivity index (χ1n) is 6.36. The molecule has 0 amide bonds.